The Balaban J connectivity index is 1.42. The molecule has 4 rings (SSSR count). The van der Waals surface area contributed by atoms with Gasteiger partial charge in [-0.1, -0.05) is 66.8 Å². The third-order valence-electron chi connectivity index (χ3n) is 5.48. The lowest BCUT2D eigenvalue weighted by Gasteiger charge is -2.16. The second kappa shape index (κ2) is 11.6. The van der Waals surface area contributed by atoms with Crippen molar-refractivity contribution in [3.8, 4) is 5.75 Å². The van der Waals surface area contributed by atoms with E-state index in [1.54, 1.807) is 18.2 Å². The molecule has 38 heavy (non-hydrogen) atoms. The zero-order valence-corrected chi connectivity index (χ0v) is 22.2. The summed E-state index contributed by atoms with van der Waals surface area (Å²) in [6.07, 6.45) is -2.11. The van der Waals surface area contributed by atoms with E-state index in [0.29, 0.717) is 11.3 Å². The molecular weight excluding hydrogens is 557 g/mol. The molecule has 0 aromatic heterocycles. The monoisotopic (exact) mass is 576 g/mol. The number of nitrogens with zero attached hydrogens (tertiary/aromatic N) is 1. The highest BCUT2D eigenvalue weighted by molar-refractivity contribution is 8.27. The highest BCUT2D eigenvalue weighted by Crippen LogP contribution is 2.39. The number of anilines is 2. The normalized spacial score (nSPS) is 14.8. The van der Waals surface area contributed by atoms with Crippen LogP contribution in [0.1, 0.15) is 23.6 Å². The SMILES string of the molecule is CCc1ccc(NC(=O)COc2ccc(/C=C3\SC(=S)N(c4cccc(C(F)(F)F)c4)C3=O)cc2Cl)cc1. The average molecular weight is 577 g/mol. The van der Waals surface area contributed by atoms with Crippen LogP contribution in [-0.4, -0.2) is 22.7 Å². The standard InChI is InChI=1S/C27H20ClF3N2O3S2/c1-2-16-6-9-19(10-7-16)32-24(34)15-36-22-11-8-17(12-21(22)28)13-23-25(35)33(26(37)38-23)20-5-3-4-18(14-20)27(29,30)31/h3-14H,2,15H2,1H3,(H,32,34)/b23-13-. The van der Waals surface area contributed by atoms with E-state index in [2.05, 4.69) is 5.32 Å². The number of benzene rings is 3. The smallest absolute Gasteiger partial charge is 0.416 e. The molecule has 5 nitrogen and oxygen atoms in total. The van der Waals surface area contributed by atoms with E-state index in [1.807, 2.05) is 31.2 Å². The van der Waals surface area contributed by atoms with Crippen LogP contribution in [0.3, 0.4) is 0 Å². The number of hydrogen-bond donors (Lipinski definition) is 1. The minimum atomic E-state index is -4.55. The van der Waals surface area contributed by atoms with Gasteiger partial charge in [0, 0.05) is 5.69 Å². The highest BCUT2D eigenvalue weighted by atomic mass is 35.5. The molecule has 0 spiro atoms. The average Bonchev–Trinajstić information content (AvgIpc) is 3.15. The quantitative estimate of drug-likeness (QED) is 0.235. The summed E-state index contributed by atoms with van der Waals surface area (Å²) >= 11 is 12.5. The zero-order chi connectivity index (χ0) is 27.4. The minimum absolute atomic E-state index is 0.0343. The number of alkyl halides is 3. The minimum Gasteiger partial charge on any atom is -0.482 e. The third kappa shape index (κ3) is 6.56. The maximum Gasteiger partial charge on any atom is 0.416 e. The van der Waals surface area contributed by atoms with Crippen molar-refractivity contribution in [2.45, 2.75) is 19.5 Å². The van der Waals surface area contributed by atoms with Crippen LogP contribution in [0.25, 0.3) is 6.08 Å². The molecule has 11 heteroatoms. The predicted molar refractivity (Wildman–Crippen MR) is 148 cm³/mol. The van der Waals surface area contributed by atoms with Gasteiger partial charge in [-0.3, -0.25) is 14.5 Å². The molecule has 1 saturated heterocycles. The molecular formula is C27H20ClF3N2O3S2. The number of thiocarbonyl (C=S) groups is 1. The number of rotatable bonds is 7. The van der Waals surface area contributed by atoms with Crippen LogP contribution in [0, 0.1) is 0 Å². The summed E-state index contributed by atoms with van der Waals surface area (Å²) < 4.78 is 45.0. The van der Waals surface area contributed by atoms with E-state index >= 15 is 0 Å². The molecule has 0 saturated carbocycles. The molecule has 1 aliphatic rings. The molecule has 1 aliphatic heterocycles. The van der Waals surface area contributed by atoms with Crippen molar-refractivity contribution in [2.24, 2.45) is 0 Å². The number of ether oxygens (including phenoxy) is 1. The van der Waals surface area contributed by atoms with Gasteiger partial charge in [0.2, 0.25) is 0 Å². The largest absolute Gasteiger partial charge is 0.482 e. The van der Waals surface area contributed by atoms with Gasteiger partial charge in [-0.05, 0) is 66.1 Å². The number of halogens is 4. The van der Waals surface area contributed by atoms with Crippen molar-refractivity contribution in [3.05, 3.63) is 93.3 Å². The topological polar surface area (TPSA) is 58.6 Å². The lowest BCUT2D eigenvalue weighted by molar-refractivity contribution is -0.137. The molecule has 0 bridgehead atoms. The van der Waals surface area contributed by atoms with Crippen LogP contribution in [-0.2, 0) is 22.2 Å². The van der Waals surface area contributed by atoms with E-state index in [4.69, 9.17) is 28.6 Å². The second-order valence-electron chi connectivity index (χ2n) is 8.14. The molecule has 3 aromatic rings. The fraction of sp³-hybridized carbons (Fsp3) is 0.148. The molecule has 2 amide bonds. The van der Waals surface area contributed by atoms with Gasteiger partial charge in [-0.25, -0.2) is 0 Å². The second-order valence-corrected chi connectivity index (χ2v) is 10.2. The van der Waals surface area contributed by atoms with Crippen molar-refractivity contribution in [2.75, 3.05) is 16.8 Å². The summed E-state index contributed by atoms with van der Waals surface area (Å²) in [6.45, 7) is 1.78. The van der Waals surface area contributed by atoms with Crippen molar-refractivity contribution in [1.29, 1.82) is 0 Å². The van der Waals surface area contributed by atoms with E-state index in [0.717, 1.165) is 40.8 Å². The van der Waals surface area contributed by atoms with Crippen molar-refractivity contribution >= 4 is 69.2 Å². The first-order valence-electron chi connectivity index (χ1n) is 11.3. The highest BCUT2D eigenvalue weighted by Gasteiger charge is 2.36. The van der Waals surface area contributed by atoms with E-state index in [1.165, 1.54) is 18.2 Å². The molecule has 1 fully saturated rings. The van der Waals surface area contributed by atoms with Crippen LogP contribution >= 0.6 is 35.6 Å². The maximum atomic E-state index is 13.1. The first-order valence-corrected chi connectivity index (χ1v) is 12.9. The Hall–Kier alpha value is -3.34. The van der Waals surface area contributed by atoms with Crippen molar-refractivity contribution in [1.82, 2.24) is 0 Å². The zero-order valence-electron chi connectivity index (χ0n) is 19.8. The van der Waals surface area contributed by atoms with Crippen LogP contribution in [0.2, 0.25) is 5.02 Å². The summed E-state index contributed by atoms with van der Waals surface area (Å²) in [5.74, 6) is -0.621. The number of carbonyl (C=O) groups excluding carboxylic acids is 2. The van der Waals surface area contributed by atoms with Gasteiger partial charge in [-0.15, -0.1) is 0 Å². The van der Waals surface area contributed by atoms with E-state index in [-0.39, 0.29) is 38.2 Å². The summed E-state index contributed by atoms with van der Waals surface area (Å²) in [4.78, 5) is 26.5. The van der Waals surface area contributed by atoms with Crippen LogP contribution < -0.4 is 15.0 Å². The summed E-state index contributed by atoms with van der Waals surface area (Å²) in [5.41, 5.74) is 1.52. The Morgan fingerprint density at radius 1 is 1.13 bits per heavy atom. The predicted octanol–water partition coefficient (Wildman–Crippen LogP) is 7.34. The molecule has 1 N–H and O–H groups in total. The molecule has 0 atom stereocenters. The van der Waals surface area contributed by atoms with Crippen molar-refractivity contribution in [3.63, 3.8) is 0 Å². The van der Waals surface area contributed by atoms with Crippen LogP contribution in [0.4, 0.5) is 24.5 Å². The Labute approximate surface area is 231 Å². The van der Waals surface area contributed by atoms with Crippen LogP contribution in [0.5, 0.6) is 5.75 Å². The summed E-state index contributed by atoms with van der Waals surface area (Å²) in [7, 11) is 0. The third-order valence-corrected chi connectivity index (χ3v) is 7.08. The Morgan fingerprint density at radius 3 is 2.53 bits per heavy atom. The molecule has 0 aliphatic carbocycles. The fourth-order valence-electron chi connectivity index (χ4n) is 3.55. The molecule has 1 heterocycles. The summed E-state index contributed by atoms with van der Waals surface area (Å²) in [6, 6.07) is 16.7. The Morgan fingerprint density at radius 2 is 1.87 bits per heavy atom. The van der Waals surface area contributed by atoms with Gasteiger partial charge >= 0.3 is 6.18 Å². The fourth-order valence-corrected chi connectivity index (χ4v) is 5.09. The Bertz CT molecular complexity index is 1430. The lowest BCUT2D eigenvalue weighted by atomic mass is 10.1. The van der Waals surface area contributed by atoms with Gasteiger partial charge in [0.05, 0.1) is 21.2 Å². The van der Waals surface area contributed by atoms with Crippen molar-refractivity contribution < 1.29 is 27.5 Å². The first kappa shape index (κ1) is 27.7. The number of carbonyl (C=O) groups is 2. The first-order chi connectivity index (χ1) is 18.0. The maximum absolute atomic E-state index is 13.1. The number of amides is 2. The number of hydrogen-bond acceptors (Lipinski definition) is 5. The van der Waals surface area contributed by atoms with E-state index in [9.17, 15) is 22.8 Å². The number of thioether (sulfide) groups is 1. The van der Waals surface area contributed by atoms with Crippen LogP contribution in [0.15, 0.2) is 71.6 Å². The lowest BCUT2D eigenvalue weighted by Crippen LogP contribution is -2.27. The van der Waals surface area contributed by atoms with Gasteiger partial charge < -0.3 is 10.1 Å². The molecule has 196 valence electrons. The molecule has 0 radical (unpaired) electrons. The summed E-state index contributed by atoms with van der Waals surface area (Å²) in [5, 5.41) is 2.96. The van der Waals surface area contributed by atoms with Gasteiger partial charge in [0.25, 0.3) is 11.8 Å². The molecule has 3 aromatic carbocycles. The molecule has 0 unspecified atom stereocenters. The number of aryl methyl sites for hydroxylation is 1. The number of nitrogens with one attached hydrogen (secondary N) is 1. The van der Waals surface area contributed by atoms with Gasteiger partial charge in [0.1, 0.15) is 5.75 Å². The van der Waals surface area contributed by atoms with Gasteiger partial charge in [0.15, 0.2) is 10.9 Å². The van der Waals surface area contributed by atoms with Gasteiger partial charge in [-0.2, -0.15) is 13.2 Å². The Kier molecular flexibility index (Phi) is 8.44. The van der Waals surface area contributed by atoms with E-state index < -0.39 is 17.6 Å².